The van der Waals surface area contributed by atoms with E-state index in [1.807, 2.05) is 18.7 Å². The maximum absolute atomic E-state index is 8.72. The summed E-state index contributed by atoms with van der Waals surface area (Å²) in [7, 11) is 0. The van der Waals surface area contributed by atoms with Crippen molar-refractivity contribution in [2.45, 2.75) is 26.3 Å². The Balaban J connectivity index is 2.37. The maximum Gasteiger partial charge on any atom is 0.258 e. The number of anilines is 1. The normalized spacial score (nSPS) is 10.6. The van der Waals surface area contributed by atoms with E-state index in [1.54, 1.807) is 0 Å². The molecule has 9 heteroatoms. The Morgan fingerprint density at radius 1 is 1.40 bits per heavy atom. The van der Waals surface area contributed by atoms with E-state index in [0.717, 1.165) is 0 Å². The molecule has 0 aliphatic rings. The molecule has 0 atom stereocenters. The third-order valence-electron chi connectivity index (χ3n) is 2.55. The number of nitrogens with zero attached hydrogens (tertiary/aromatic N) is 8. The lowest BCUT2D eigenvalue weighted by molar-refractivity contribution is 0.656. The van der Waals surface area contributed by atoms with E-state index in [9.17, 15) is 0 Å². The van der Waals surface area contributed by atoms with E-state index in [0.29, 0.717) is 24.9 Å². The van der Waals surface area contributed by atoms with Crippen LogP contribution in [-0.2, 0) is 0 Å². The second-order valence-corrected chi connectivity index (χ2v) is 4.58. The van der Waals surface area contributed by atoms with Crippen molar-refractivity contribution in [2.24, 2.45) is 0 Å². The minimum Gasteiger partial charge on any atom is -0.337 e. The highest BCUT2D eigenvalue weighted by atomic mass is 35.5. The van der Waals surface area contributed by atoms with Gasteiger partial charge in [0.05, 0.1) is 12.5 Å². The summed E-state index contributed by atoms with van der Waals surface area (Å²) in [5.41, 5.74) is 0. The molecule has 0 saturated carbocycles. The van der Waals surface area contributed by atoms with E-state index < -0.39 is 0 Å². The van der Waals surface area contributed by atoms with Crippen LogP contribution < -0.4 is 4.90 Å². The van der Waals surface area contributed by atoms with Crippen molar-refractivity contribution in [1.29, 1.82) is 5.26 Å². The molecule has 2 aromatic rings. The van der Waals surface area contributed by atoms with Crippen molar-refractivity contribution >= 4 is 17.5 Å². The van der Waals surface area contributed by atoms with Gasteiger partial charge in [0.25, 0.3) is 5.95 Å². The first-order chi connectivity index (χ1) is 9.61. The van der Waals surface area contributed by atoms with Gasteiger partial charge in [-0.1, -0.05) is 0 Å². The minimum absolute atomic E-state index is 0.0723. The summed E-state index contributed by atoms with van der Waals surface area (Å²) in [5, 5.41) is 12.8. The maximum atomic E-state index is 8.72. The molecule has 2 heterocycles. The number of rotatable bonds is 5. The van der Waals surface area contributed by atoms with Crippen LogP contribution in [-0.4, -0.2) is 42.3 Å². The fraction of sp³-hybridized carbons (Fsp3) is 0.455. The van der Waals surface area contributed by atoms with Crippen molar-refractivity contribution < 1.29 is 0 Å². The van der Waals surface area contributed by atoms with Crippen LogP contribution in [0.5, 0.6) is 0 Å². The van der Waals surface area contributed by atoms with Crippen molar-refractivity contribution in [3.05, 3.63) is 17.9 Å². The Kier molecular flexibility index (Phi) is 4.42. The molecular weight excluding hydrogens is 280 g/mol. The zero-order chi connectivity index (χ0) is 14.5. The highest BCUT2D eigenvalue weighted by molar-refractivity contribution is 6.28. The monoisotopic (exact) mass is 292 g/mol. The summed E-state index contributed by atoms with van der Waals surface area (Å²) in [4.78, 5) is 18.2. The number of nitriles is 1. The highest BCUT2D eigenvalue weighted by Gasteiger charge is 2.16. The van der Waals surface area contributed by atoms with Gasteiger partial charge in [0, 0.05) is 12.6 Å². The van der Waals surface area contributed by atoms with Crippen LogP contribution >= 0.6 is 11.6 Å². The topological polar surface area (TPSA) is 96.4 Å². The second-order valence-electron chi connectivity index (χ2n) is 4.24. The molecule has 0 amide bonds. The minimum atomic E-state index is 0.0723. The molecule has 0 unspecified atom stereocenters. The molecule has 0 saturated heterocycles. The third-order valence-corrected chi connectivity index (χ3v) is 2.72. The van der Waals surface area contributed by atoms with Gasteiger partial charge in [-0.05, 0) is 25.4 Å². The molecule has 0 aliphatic carbocycles. The van der Waals surface area contributed by atoms with Crippen molar-refractivity contribution in [3.8, 4) is 12.0 Å². The summed E-state index contributed by atoms with van der Waals surface area (Å²) in [5.74, 6) is 0.709. The standard InChI is InChI=1S/C11H13ClN8/c1-8(2)19(5-3-4-13)10-16-9(12)17-11(18-10)20-7-14-6-15-20/h6-8H,3,5H2,1-2H3. The molecule has 0 N–H and O–H groups in total. The fourth-order valence-corrected chi connectivity index (χ4v) is 1.78. The lowest BCUT2D eigenvalue weighted by Gasteiger charge is -2.25. The van der Waals surface area contributed by atoms with Crippen LogP contribution in [0.15, 0.2) is 12.7 Å². The Morgan fingerprint density at radius 3 is 2.80 bits per heavy atom. The van der Waals surface area contributed by atoms with E-state index in [4.69, 9.17) is 16.9 Å². The van der Waals surface area contributed by atoms with Crippen LogP contribution in [0.3, 0.4) is 0 Å². The first-order valence-corrected chi connectivity index (χ1v) is 6.39. The Hall–Kier alpha value is -2.27. The summed E-state index contributed by atoms with van der Waals surface area (Å²) >= 11 is 5.93. The zero-order valence-electron chi connectivity index (χ0n) is 11.1. The van der Waals surface area contributed by atoms with Crippen LogP contribution in [0, 0.1) is 11.3 Å². The molecule has 0 aliphatic heterocycles. The first kappa shape index (κ1) is 14.1. The molecular formula is C11H13ClN8. The molecule has 0 spiro atoms. The molecule has 2 aromatic heterocycles. The Bertz CT molecular complexity index is 603. The van der Waals surface area contributed by atoms with Gasteiger partial charge in [0.2, 0.25) is 11.2 Å². The predicted octanol–water partition coefficient (Wildman–Crippen LogP) is 1.23. The fourth-order valence-electron chi connectivity index (χ4n) is 1.63. The SMILES string of the molecule is CC(C)N(CCC#N)c1nc(Cl)nc(-n2cncn2)n1. The number of hydrogen-bond donors (Lipinski definition) is 0. The van der Waals surface area contributed by atoms with E-state index >= 15 is 0 Å². The van der Waals surface area contributed by atoms with Crippen LogP contribution in [0.1, 0.15) is 20.3 Å². The van der Waals surface area contributed by atoms with Gasteiger partial charge in [-0.2, -0.15) is 30.0 Å². The summed E-state index contributed by atoms with van der Waals surface area (Å²) in [6.07, 6.45) is 3.23. The van der Waals surface area contributed by atoms with Gasteiger partial charge in [-0.25, -0.2) is 4.98 Å². The molecule has 20 heavy (non-hydrogen) atoms. The average Bonchev–Trinajstić information content (AvgIpc) is 2.92. The molecule has 0 radical (unpaired) electrons. The number of aromatic nitrogens is 6. The lowest BCUT2D eigenvalue weighted by atomic mass is 10.3. The molecule has 0 bridgehead atoms. The Labute approximate surface area is 121 Å². The van der Waals surface area contributed by atoms with E-state index in [2.05, 4.69) is 31.1 Å². The van der Waals surface area contributed by atoms with Gasteiger partial charge in [-0.15, -0.1) is 0 Å². The Morgan fingerprint density at radius 2 is 2.20 bits per heavy atom. The van der Waals surface area contributed by atoms with Crippen LogP contribution in [0.4, 0.5) is 5.95 Å². The van der Waals surface area contributed by atoms with Crippen molar-refractivity contribution in [1.82, 2.24) is 29.7 Å². The number of hydrogen-bond acceptors (Lipinski definition) is 7. The smallest absolute Gasteiger partial charge is 0.258 e. The van der Waals surface area contributed by atoms with E-state index in [-0.39, 0.29) is 11.3 Å². The van der Waals surface area contributed by atoms with E-state index in [1.165, 1.54) is 17.3 Å². The average molecular weight is 293 g/mol. The first-order valence-electron chi connectivity index (χ1n) is 6.02. The predicted molar refractivity (Wildman–Crippen MR) is 72.5 cm³/mol. The van der Waals surface area contributed by atoms with Gasteiger partial charge in [-0.3, -0.25) is 0 Å². The quantitative estimate of drug-likeness (QED) is 0.817. The highest BCUT2D eigenvalue weighted by Crippen LogP contribution is 2.15. The third kappa shape index (κ3) is 3.19. The number of halogens is 1. The molecule has 8 nitrogen and oxygen atoms in total. The zero-order valence-corrected chi connectivity index (χ0v) is 11.9. The van der Waals surface area contributed by atoms with Crippen LogP contribution in [0.2, 0.25) is 5.28 Å². The molecule has 0 aromatic carbocycles. The lowest BCUT2D eigenvalue weighted by Crippen LogP contribution is -2.33. The van der Waals surface area contributed by atoms with Gasteiger partial charge < -0.3 is 4.90 Å². The largest absolute Gasteiger partial charge is 0.337 e. The van der Waals surface area contributed by atoms with Crippen LogP contribution in [0.25, 0.3) is 5.95 Å². The van der Waals surface area contributed by atoms with Gasteiger partial charge in [0.15, 0.2) is 0 Å². The summed E-state index contributed by atoms with van der Waals surface area (Å²) < 4.78 is 1.40. The van der Waals surface area contributed by atoms with Crippen molar-refractivity contribution in [3.63, 3.8) is 0 Å². The van der Waals surface area contributed by atoms with Gasteiger partial charge in [0.1, 0.15) is 12.7 Å². The summed E-state index contributed by atoms with van der Waals surface area (Å²) in [6.45, 7) is 4.50. The molecule has 2 rings (SSSR count). The molecule has 0 fully saturated rings. The molecule has 104 valence electrons. The summed E-state index contributed by atoms with van der Waals surface area (Å²) in [6, 6.07) is 2.24. The van der Waals surface area contributed by atoms with Gasteiger partial charge >= 0.3 is 0 Å². The van der Waals surface area contributed by atoms with Crippen molar-refractivity contribution in [2.75, 3.05) is 11.4 Å². The second kappa shape index (κ2) is 6.25.